The number of nitrogens with two attached hydrogens (primary N) is 1. The number of thiazole rings is 1. The number of hydrogen-bond donors (Lipinski definition) is 3. The van der Waals surface area contributed by atoms with Gasteiger partial charge < -0.3 is 16.2 Å². The van der Waals surface area contributed by atoms with Crippen molar-refractivity contribution in [1.82, 2.24) is 4.98 Å². The van der Waals surface area contributed by atoms with Gasteiger partial charge in [-0.15, -0.1) is 0 Å². The van der Waals surface area contributed by atoms with Crippen LogP contribution in [0.25, 0.3) is 10.2 Å². The molecule has 1 aromatic heterocycles. The average Bonchev–Trinajstić information content (AvgIpc) is 2.76. The van der Waals surface area contributed by atoms with Crippen molar-refractivity contribution in [3.63, 3.8) is 0 Å². The summed E-state index contributed by atoms with van der Waals surface area (Å²) in [5.74, 6) is 0.493. The van der Waals surface area contributed by atoms with Gasteiger partial charge in [-0.3, -0.25) is 0 Å². The molecule has 0 aliphatic heterocycles. The number of aliphatic hydroxyl groups excluding tert-OH is 1. The molecule has 0 saturated carbocycles. The molecule has 0 radical (unpaired) electrons. The van der Waals surface area contributed by atoms with Gasteiger partial charge in [0.1, 0.15) is 0 Å². The molecule has 0 saturated heterocycles. The Morgan fingerprint density at radius 1 is 1.50 bits per heavy atom. The van der Waals surface area contributed by atoms with E-state index in [4.69, 9.17) is 10.8 Å². The Morgan fingerprint density at radius 3 is 3.06 bits per heavy atom. The third kappa shape index (κ3) is 3.11. The number of nitrogens with one attached hydrogen (secondary N) is 1. The second-order valence-corrected chi connectivity index (χ2v) is 5.44. The number of rotatable bonds is 6. The first-order valence-corrected chi connectivity index (χ1v) is 7.05. The highest BCUT2D eigenvalue weighted by Crippen LogP contribution is 2.27. The Hall–Kier alpha value is -1.33. The highest BCUT2D eigenvalue weighted by Gasteiger charge is 2.08. The summed E-state index contributed by atoms with van der Waals surface area (Å²) in [6.45, 7) is 3.24. The van der Waals surface area contributed by atoms with E-state index in [1.165, 1.54) is 0 Å². The Kier molecular flexibility index (Phi) is 4.38. The smallest absolute Gasteiger partial charge is 0.183 e. The van der Waals surface area contributed by atoms with Crippen molar-refractivity contribution in [3.8, 4) is 0 Å². The summed E-state index contributed by atoms with van der Waals surface area (Å²) in [5, 5.41) is 13.2. The molecule has 4 nitrogen and oxygen atoms in total. The number of benzene rings is 1. The zero-order valence-corrected chi connectivity index (χ0v) is 11.3. The van der Waals surface area contributed by atoms with Gasteiger partial charge in [0.2, 0.25) is 0 Å². The molecular formula is C13H19N3OS. The van der Waals surface area contributed by atoms with Crippen LogP contribution in [0.1, 0.15) is 19.8 Å². The Labute approximate surface area is 111 Å². The molecule has 2 rings (SSSR count). The number of aromatic nitrogens is 1. The molecule has 18 heavy (non-hydrogen) atoms. The predicted octanol–water partition coefficient (Wildman–Crippen LogP) is 2.70. The van der Waals surface area contributed by atoms with Gasteiger partial charge in [-0.25, -0.2) is 4.98 Å². The van der Waals surface area contributed by atoms with E-state index in [2.05, 4.69) is 17.2 Å². The summed E-state index contributed by atoms with van der Waals surface area (Å²) in [6, 6.07) is 5.76. The molecule has 0 spiro atoms. The highest BCUT2D eigenvalue weighted by atomic mass is 32.1. The zero-order chi connectivity index (χ0) is 13.0. The average molecular weight is 265 g/mol. The molecule has 0 fully saturated rings. The first-order chi connectivity index (χ1) is 8.72. The predicted molar refractivity (Wildman–Crippen MR) is 78.0 cm³/mol. The van der Waals surface area contributed by atoms with E-state index in [0.717, 1.165) is 40.4 Å². The fourth-order valence-electron chi connectivity index (χ4n) is 1.88. The number of hydrogen-bond acceptors (Lipinski definition) is 5. The fourth-order valence-corrected chi connectivity index (χ4v) is 2.80. The van der Waals surface area contributed by atoms with E-state index in [1.54, 1.807) is 11.3 Å². The summed E-state index contributed by atoms with van der Waals surface area (Å²) in [6.07, 6.45) is 1.90. The van der Waals surface area contributed by atoms with Crippen LogP contribution in [0.2, 0.25) is 0 Å². The SMILES string of the molecule is CCC(CCO)CNc1nc2ccc(N)cc2s1. The topological polar surface area (TPSA) is 71.2 Å². The van der Waals surface area contributed by atoms with Gasteiger partial charge in [-0.05, 0) is 30.5 Å². The highest BCUT2D eigenvalue weighted by molar-refractivity contribution is 7.22. The lowest BCUT2D eigenvalue weighted by Crippen LogP contribution is -2.14. The van der Waals surface area contributed by atoms with Crippen LogP contribution in [0.5, 0.6) is 0 Å². The maximum Gasteiger partial charge on any atom is 0.183 e. The van der Waals surface area contributed by atoms with Crippen molar-refractivity contribution < 1.29 is 5.11 Å². The van der Waals surface area contributed by atoms with Crippen LogP contribution in [0.3, 0.4) is 0 Å². The number of fused-ring (bicyclic) bond motifs is 1. The molecule has 5 heteroatoms. The summed E-state index contributed by atoms with van der Waals surface area (Å²) in [7, 11) is 0. The van der Waals surface area contributed by atoms with Crippen molar-refractivity contribution in [2.24, 2.45) is 5.92 Å². The van der Waals surface area contributed by atoms with Crippen LogP contribution in [-0.2, 0) is 0 Å². The quantitative estimate of drug-likeness (QED) is 0.702. The molecule has 4 N–H and O–H groups in total. The lowest BCUT2D eigenvalue weighted by molar-refractivity contribution is 0.258. The molecule has 1 unspecified atom stereocenters. The molecule has 2 aromatic rings. The van der Waals surface area contributed by atoms with Crippen LogP contribution in [0.4, 0.5) is 10.8 Å². The van der Waals surface area contributed by atoms with Crippen molar-refractivity contribution >= 4 is 32.4 Å². The summed E-state index contributed by atoms with van der Waals surface area (Å²) >= 11 is 1.62. The third-order valence-corrected chi connectivity index (χ3v) is 4.05. The number of nitrogens with zero attached hydrogens (tertiary/aromatic N) is 1. The summed E-state index contributed by atoms with van der Waals surface area (Å²) in [5.41, 5.74) is 7.49. The van der Waals surface area contributed by atoms with Crippen LogP contribution >= 0.6 is 11.3 Å². The van der Waals surface area contributed by atoms with Crippen molar-refractivity contribution in [1.29, 1.82) is 0 Å². The molecule has 98 valence electrons. The van der Waals surface area contributed by atoms with Crippen molar-refractivity contribution in [2.75, 3.05) is 24.2 Å². The minimum Gasteiger partial charge on any atom is -0.399 e. The van der Waals surface area contributed by atoms with Crippen LogP contribution in [0.15, 0.2) is 18.2 Å². The van der Waals surface area contributed by atoms with Gasteiger partial charge in [0, 0.05) is 18.8 Å². The zero-order valence-electron chi connectivity index (χ0n) is 10.5. The summed E-state index contributed by atoms with van der Waals surface area (Å²) < 4.78 is 1.10. The van der Waals surface area contributed by atoms with Gasteiger partial charge in [0.25, 0.3) is 0 Å². The minimum atomic E-state index is 0.247. The number of nitrogen functional groups attached to an aromatic ring is 1. The minimum absolute atomic E-state index is 0.247. The van der Waals surface area contributed by atoms with Gasteiger partial charge in [0.15, 0.2) is 5.13 Å². The fraction of sp³-hybridized carbons (Fsp3) is 0.462. The number of anilines is 2. The molecule has 1 aromatic carbocycles. The largest absolute Gasteiger partial charge is 0.399 e. The lowest BCUT2D eigenvalue weighted by Gasteiger charge is -2.13. The van der Waals surface area contributed by atoms with E-state index in [-0.39, 0.29) is 6.61 Å². The van der Waals surface area contributed by atoms with Crippen LogP contribution in [-0.4, -0.2) is 23.2 Å². The Morgan fingerprint density at radius 2 is 2.33 bits per heavy atom. The molecule has 1 atom stereocenters. The monoisotopic (exact) mass is 265 g/mol. The first kappa shape index (κ1) is 13.1. The molecule has 0 amide bonds. The molecule has 0 bridgehead atoms. The van der Waals surface area contributed by atoms with E-state index in [1.807, 2.05) is 18.2 Å². The van der Waals surface area contributed by atoms with E-state index in [0.29, 0.717) is 5.92 Å². The van der Waals surface area contributed by atoms with Gasteiger partial charge in [-0.1, -0.05) is 24.7 Å². The maximum absolute atomic E-state index is 8.96. The Balaban J connectivity index is 2.03. The van der Waals surface area contributed by atoms with E-state index in [9.17, 15) is 0 Å². The molecule has 0 aliphatic carbocycles. The Bertz CT molecular complexity index is 512. The standard InChI is InChI=1S/C13H19N3OS/c1-2-9(5-6-17)8-15-13-16-11-4-3-10(14)7-12(11)18-13/h3-4,7,9,17H,2,5-6,8,14H2,1H3,(H,15,16). The second kappa shape index (κ2) is 6.02. The molecule has 1 heterocycles. The molecular weight excluding hydrogens is 246 g/mol. The van der Waals surface area contributed by atoms with Crippen molar-refractivity contribution in [2.45, 2.75) is 19.8 Å². The van der Waals surface area contributed by atoms with Gasteiger partial charge >= 0.3 is 0 Å². The molecule has 0 aliphatic rings. The first-order valence-electron chi connectivity index (χ1n) is 6.23. The van der Waals surface area contributed by atoms with E-state index >= 15 is 0 Å². The maximum atomic E-state index is 8.96. The number of aliphatic hydroxyl groups is 1. The lowest BCUT2D eigenvalue weighted by atomic mass is 10.0. The van der Waals surface area contributed by atoms with Crippen molar-refractivity contribution in [3.05, 3.63) is 18.2 Å². The summed E-state index contributed by atoms with van der Waals surface area (Å²) in [4.78, 5) is 4.51. The van der Waals surface area contributed by atoms with E-state index < -0.39 is 0 Å². The van der Waals surface area contributed by atoms with Crippen LogP contribution < -0.4 is 11.1 Å². The van der Waals surface area contributed by atoms with Gasteiger partial charge in [0.05, 0.1) is 10.2 Å². The third-order valence-electron chi connectivity index (χ3n) is 3.07. The van der Waals surface area contributed by atoms with Crippen LogP contribution in [0, 0.1) is 5.92 Å². The normalized spacial score (nSPS) is 12.8. The second-order valence-electron chi connectivity index (χ2n) is 4.41. The van der Waals surface area contributed by atoms with Gasteiger partial charge in [-0.2, -0.15) is 0 Å².